The van der Waals surface area contributed by atoms with Crippen LogP contribution in [0.15, 0.2) is 23.2 Å². The summed E-state index contributed by atoms with van der Waals surface area (Å²) in [5.41, 5.74) is 9.50. The molecule has 2 saturated carbocycles. The Labute approximate surface area is 141 Å². The van der Waals surface area contributed by atoms with Crippen LogP contribution in [0, 0.1) is 11.8 Å². The number of benzene rings is 1. The van der Waals surface area contributed by atoms with Crippen molar-refractivity contribution in [3.05, 3.63) is 23.9 Å². The summed E-state index contributed by atoms with van der Waals surface area (Å²) < 4.78 is 24.6. The summed E-state index contributed by atoms with van der Waals surface area (Å²) in [5.74, 6) is 1.66. The van der Waals surface area contributed by atoms with E-state index in [-0.39, 0.29) is 5.75 Å². The van der Waals surface area contributed by atoms with Crippen LogP contribution in [0.3, 0.4) is 0 Å². The van der Waals surface area contributed by atoms with Crippen molar-refractivity contribution in [3.8, 4) is 0 Å². The van der Waals surface area contributed by atoms with E-state index in [0.29, 0.717) is 23.0 Å². The molecule has 1 aromatic heterocycles. The molecule has 5 rings (SSSR count). The number of nitrogens with zero attached hydrogens (tertiary/aromatic N) is 1. The van der Waals surface area contributed by atoms with E-state index >= 15 is 0 Å². The number of rotatable bonds is 4. The van der Waals surface area contributed by atoms with E-state index in [1.807, 2.05) is 6.07 Å². The zero-order valence-corrected chi connectivity index (χ0v) is 14.3. The van der Waals surface area contributed by atoms with E-state index < -0.39 is 9.84 Å². The minimum absolute atomic E-state index is 0.185. The second-order valence-electron chi connectivity index (χ2n) is 7.44. The molecule has 1 aliphatic heterocycles. The minimum atomic E-state index is -3.16. The highest BCUT2D eigenvalue weighted by atomic mass is 32.2. The molecule has 2 aromatic rings. The summed E-state index contributed by atoms with van der Waals surface area (Å²) in [5, 5.41) is 4.63. The average molecular weight is 343 g/mol. The number of aryl methyl sites for hydroxylation is 1. The molecule has 24 heavy (non-hydrogen) atoms. The van der Waals surface area contributed by atoms with Crippen LogP contribution in [0.25, 0.3) is 10.9 Å². The van der Waals surface area contributed by atoms with E-state index in [1.165, 1.54) is 25.7 Å². The molecule has 0 unspecified atom stereocenters. The minimum Gasteiger partial charge on any atom is -0.396 e. The number of fused-ring (bicyclic) bond motifs is 3. The Morgan fingerprint density at radius 2 is 1.88 bits per heavy atom. The van der Waals surface area contributed by atoms with Crippen LogP contribution in [0.2, 0.25) is 0 Å². The number of aromatic nitrogens is 1. The summed E-state index contributed by atoms with van der Waals surface area (Å²) in [6, 6.07) is 3.98. The molecule has 2 fully saturated rings. The van der Waals surface area contributed by atoms with Gasteiger partial charge in [-0.2, -0.15) is 0 Å². The van der Waals surface area contributed by atoms with E-state index in [2.05, 4.69) is 10.3 Å². The predicted octanol–water partition coefficient (Wildman–Crippen LogP) is 2.75. The number of pyridine rings is 1. The van der Waals surface area contributed by atoms with Crippen molar-refractivity contribution in [1.29, 1.82) is 0 Å². The van der Waals surface area contributed by atoms with Crippen molar-refractivity contribution < 1.29 is 8.42 Å². The molecule has 2 aliphatic carbocycles. The van der Waals surface area contributed by atoms with Crippen molar-refractivity contribution in [3.63, 3.8) is 0 Å². The lowest BCUT2D eigenvalue weighted by atomic mass is 10.0. The van der Waals surface area contributed by atoms with Crippen LogP contribution in [0.1, 0.15) is 31.2 Å². The second-order valence-corrected chi connectivity index (χ2v) is 9.52. The summed E-state index contributed by atoms with van der Waals surface area (Å²) in [6.07, 6.45) is 7.37. The highest BCUT2D eigenvalue weighted by molar-refractivity contribution is 7.91. The summed E-state index contributed by atoms with van der Waals surface area (Å²) in [4.78, 5) is 4.89. The van der Waals surface area contributed by atoms with Crippen molar-refractivity contribution in [2.24, 2.45) is 11.8 Å². The second kappa shape index (κ2) is 4.85. The topological polar surface area (TPSA) is 85.1 Å². The SMILES string of the molecule is Nc1cnc2ccc3c(c2c1NC(C1CC1)C1CC1)CCS3(=O)=O. The number of hydrogen-bond acceptors (Lipinski definition) is 5. The molecule has 5 nitrogen and oxygen atoms in total. The molecule has 0 atom stereocenters. The molecule has 0 amide bonds. The normalized spacial score (nSPS) is 22.0. The third kappa shape index (κ3) is 2.19. The zero-order valence-electron chi connectivity index (χ0n) is 13.5. The van der Waals surface area contributed by atoms with Gasteiger partial charge in [-0.3, -0.25) is 4.98 Å². The average Bonchev–Trinajstić information content (AvgIpc) is 3.45. The van der Waals surface area contributed by atoms with Gasteiger partial charge >= 0.3 is 0 Å². The van der Waals surface area contributed by atoms with Gasteiger partial charge in [0.05, 0.1) is 33.7 Å². The van der Waals surface area contributed by atoms with Crippen molar-refractivity contribution in [2.45, 2.75) is 43.0 Å². The van der Waals surface area contributed by atoms with Crippen LogP contribution in [0.5, 0.6) is 0 Å². The van der Waals surface area contributed by atoms with Crippen molar-refractivity contribution >= 4 is 32.1 Å². The van der Waals surface area contributed by atoms with Gasteiger partial charge in [-0.1, -0.05) is 0 Å². The van der Waals surface area contributed by atoms with Gasteiger partial charge in [0.1, 0.15) is 0 Å². The monoisotopic (exact) mass is 343 g/mol. The first-order valence-corrected chi connectivity index (χ1v) is 10.4. The Morgan fingerprint density at radius 3 is 2.54 bits per heavy atom. The molecule has 1 aromatic carbocycles. The summed E-state index contributed by atoms with van der Waals surface area (Å²) >= 11 is 0. The highest BCUT2D eigenvalue weighted by Gasteiger charge is 2.42. The van der Waals surface area contributed by atoms with Gasteiger partial charge in [-0.25, -0.2) is 8.42 Å². The number of nitrogens with two attached hydrogens (primary N) is 1. The Bertz CT molecular complexity index is 934. The van der Waals surface area contributed by atoms with Gasteiger partial charge in [-0.05, 0) is 61.6 Å². The maximum Gasteiger partial charge on any atom is 0.179 e. The van der Waals surface area contributed by atoms with Crippen molar-refractivity contribution in [1.82, 2.24) is 4.98 Å². The van der Waals surface area contributed by atoms with E-state index in [1.54, 1.807) is 12.3 Å². The molecule has 3 N–H and O–H groups in total. The maximum atomic E-state index is 12.3. The van der Waals surface area contributed by atoms with Crippen molar-refractivity contribution in [2.75, 3.05) is 16.8 Å². The number of hydrogen-bond donors (Lipinski definition) is 2. The number of nitrogens with one attached hydrogen (secondary N) is 1. The Hall–Kier alpha value is -1.82. The Kier molecular flexibility index (Phi) is 2.93. The van der Waals surface area contributed by atoms with Crippen LogP contribution < -0.4 is 11.1 Å². The molecule has 0 saturated heterocycles. The van der Waals surface area contributed by atoms with Crippen LogP contribution in [0.4, 0.5) is 11.4 Å². The molecule has 6 heteroatoms. The fraction of sp³-hybridized carbons (Fsp3) is 0.500. The molecule has 2 heterocycles. The predicted molar refractivity (Wildman–Crippen MR) is 94.8 cm³/mol. The number of nitrogen functional groups attached to an aromatic ring is 1. The molecule has 0 spiro atoms. The third-order valence-electron chi connectivity index (χ3n) is 5.66. The van der Waals surface area contributed by atoms with Gasteiger partial charge in [0.25, 0.3) is 0 Å². The molecular formula is C18H21N3O2S. The van der Waals surface area contributed by atoms with Crippen LogP contribution >= 0.6 is 0 Å². The first-order valence-electron chi connectivity index (χ1n) is 8.74. The van der Waals surface area contributed by atoms with E-state index in [4.69, 9.17) is 5.73 Å². The van der Waals surface area contributed by atoms with Gasteiger partial charge in [0.15, 0.2) is 9.84 Å². The van der Waals surface area contributed by atoms with E-state index in [0.717, 1.165) is 34.0 Å². The largest absolute Gasteiger partial charge is 0.396 e. The van der Waals surface area contributed by atoms with Crippen LogP contribution in [-0.2, 0) is 16.3 Å². The number of sulfone groups is 1. The lowest BCUT2D eigenvalue weighted by molar-refractivity contribution is 0.568. The standard InChI is InChI=1S/C18H21N3O2S/c19-13-9-20-14-5-6-15-12(7-8-24(15,22)23)16(14)18(13)21-17(10-1-2-10)11-3-4-11/h5-6,9-11,17H,1-4,7-8,19H2,(H,20,21). The summed E-state index contributed by atoms with van der Waals surface area (Å²) in [6.45, 7) is 0. The van der Waals surface area contributed by atoms with Gasteiger partial charge in [-0.15, -0.1) is 0 Å². The lowest BCUT2D eigenvalue weighted by Gasteiger charge is -2.22. The number of anilines is 2. The first kappa shape index (κ1) is 14.5. The quantitative estimate of drug-likeness (QED) is 0.891. The van der Waals surface area contributed by atoms with E-state index in [9.17, 15) is 8.42 Å². The first-order chi connectivity index (χ1) is 11.5. The molecule has 0 bridgehead atoms. The van der Waals surface area contributed by atoms with Gasteiger partial charge < -0.3 is 11.1 Å². The van der Waals surface area contributed by atoms with Crippen LogP contribution in [-0.4, -0.2) is 25.2 Å². The Balaban J connectivity index is 1.69. The maximum absolute atomic E-state index is 12.3. The highest BCUT2D eigenvalue weighted by Crippen LogP contribution is 2.47. The smallest absolute Gasteiger partial charge is 0.179 e. The third-order valence-corrected chi connectivity index (χ3v) is 7.45. The lowest BCUT2D eigenvalue weighted by Crippen LogP contribution is -2.25. The Morgan fingerprint density at radius 1 is 1.17 bits per heavy atom. The summed E-state index contributed by atoms with van der Waals surface area (Å²) in [7, 11) is -3.16. The molecule has 3 aliphatic rings. The zero-order chi connectivity index (χ0) is 16.5. The molecule has 0 radical (unpaired) electrons. The van der Waals surface area contributed by atoms with Gasteiger partial charge in [0.2, 0.25) is 0 Å². The molecule has 126 valence electrons. The fourth-order valence-electron chi connectivity index (χ4n) is 4.09. The molecular weight excluding hydrogens is 322 g/mol. The van der Waals surface area contributed by atoms with Gasteiger partial charge in [0, 0.05) is 11.4 Å². The fourth-order valence-corrected chi connectivity index (χ4v) is 5.64.